The van der Waals surface area contributed by atoms with E-state index in [9.17, 15) is 9.59 Å². The highest BCUT2D eigenvalue weighted by Crippen LogP contribution is 2.43. The number of nitrogens with zero attached hydrogens (tertiary/aromatic N) is 7. The average molecular weight is 789 g/mol. The fraction of sp³-hybridized carbons (Fsp3) is 0.455. The Balaban J connectivity index is 1.29. The van der Waals surface area contributed by atoms with E-state index in [2.05, 4.69) is 39.2 Å². The lowest BCUT2D eigenvalue weighted by molar-refractivity contribution is 0.0429. The van der Waals surface area contributed by atoms with E-state index in [1.807, 2.05) is 0 Å². The highest BCUT2D eigenvalue weighted by molar-refractivity contribution is 6.11. The summed E-state index contributed by atoms with van der Waals surface area (Å²) in [6.45, 7) is 21.7. The molecule has 4 aromatic rings. The number of hydrogen-bond donors (Lipinski definition) is 1. The Morgan fingerprint density at radius 1 is 1.00 bits per heavy atom. The van der Waals surface area contributed by atoms with Crippen LogP contribution >= 0.6 is 0 Å². The minimum atomic E-state index is -1.03. The van der Waals surface area contributed by atoms with Crippen molar-refractivity contribution in [1.82, 2.24) is 30.2 Å². The number of anilines is 2. The SMILES string of the molecule is C#Cc1cccc2nc(N(C(=O)OC(C)(C)C)C(=O)OC(C)(C)C)cc(-c3ncc4c(N5CC6CCC(C5)N6)nc(OCC56CC(=C)CN5CC(=C)C6)nc4c3F)c12. The predicted octanol–water partition coefficient (Wildman–Crippen LogP) is 7.32. The third kappa shape index (κ3) is 7.44. The molecule has 4 fully saturated rings. The van der Waals surface area contributed by atoms with E-state index in [1.54, 1.807) is 65.9 Å². The van der Waals surface area contributed by atoms with Crippen LogP contribution in [-0.4, -0.2) is 98.6 Å². The van der Waals surface area contributed by atoms with Gasteiger partial charge in [-0.25, -0.2) is 19.0 Å². The monoisotopic (exact) mass is 788 g/mol. The Bertz CT molecular complexity index is 2370. The lowest BCUT2D eigenvalue weighted by Crippen LogP contribution is -2.51. The van der Waals surface area contributed by atoms with E-state index >= 15 is 4.39 Å². The Hall–Kier alpha value is -5.65. The second-order valence-corrected chi connectivity index (χ2v) is 17.9. The molecule has 2 atom stereocenters. The van der Waals surface area contributed by atoms with E-state index in [0.29, 0.717) is 40.1 Å². The number of fused-ring (bicyclic) bond motifs is 5. The van der Waals surface area contributed by atoms with Crippen molar-refractivity contribution in [3.8, 4) is 29.6 Å². The molecule has 8 rings (SSSR count). The normalized spacial score (nSPS) is 20.3. The molecule has 1 N–H and O–H groups in total. The first kappa shape index (κ1) is 39.2. The van der Waals surface area contributed by atoms with Crippen LogP contribution in [0, 0.1) is 18.2 Å². The van der Waals surface area contributed by atoms with Gasteiger partial charge in [-0.05, 0) is 85.4 Å². The minimum Gasteiger partial charge on any atom is -0.461 e. The Kier molecular flexibility index (Phi) is 9.67. The molecule has 0 spiro atoms. The van der Waals surface area contributed by atoms with Gasteiger partial charge in [0.2, 0.25) is 0 Å². The predicted molar refractivity (Wildman–Crippen MR) is 220 cm³/mol. The number of aromatic nitrogens is 4. The van der Waals surface area contributed by atoms with Crippen molar-refractivity contribution < 1.29 is 28.2 Å². The van der Waals surface area contributed by atoms with E-state index in [0.717, 1.165) is 49.9 Å². The molecule has 58 heavy (non-hydrogen) atoms. The molecule has 7 heterocycles. The van der Waals surface area contributed by atoms with Gasteiger partial charge in [0.1, 0.15) is 40.7 Å². The zero-order chi connectivity index (χ0) is 41.3. The number of nitrogens with one attached hydrogen (secondary N) is 1. The van der Waals surface area contributed by atoms with Crippen molar-refractivity contribution in [2.24, 2.45) is 0 Å². The fourth-order valence-corrected chi connectivity index (χ4v) is 8.71. The third-order valence-electron chi connectivity index (χ3n) is 10.9. The van der Waals surface area contributed by atoms with Crippen molar-refractivity contribution in [3.63, 3.8) is 0 Å². The van der Waals surface area contributed by atoms with Gasteiger partial charge in [-0.2, -0.15) is 14.9 Å². The molecule has 2 bridgehead atoms. The number of carbonyl (C=O) groups excluding carboxylic acids is 2. The molecule has 4 aliphatic rings. The van der Waals surface area contributed by atoms with Crippen molar-refractivity contribution in [1.29, 1.82) is 0 Å². The number of ether oxygens (including phenoxy) is 3. The Morgan fingerprint density at radius 3 is 2.24 bits per heavy atom. The molecule has 302 valence electrons. The number of pyridine rings is 2. The van der Waals surface area contributed by atoms with Gasteiger partial charge in [-0.15, -0.1) is 6.42 Å². The summed E-state index contributed by atoms with van der Waals surface area (Å²) in [5.74, 6) is 2.26. The first-order valence-corrected chi connectivity index (χ1v) is 19.7. The van der Waals surface area contributed by atoms with Gasteiger partial charge in [-0.1, -0.05) is 36.3 Å². The van der Waals surface area contributed by atoms with E-state index in [-0.39, 0.29) is 58.3 Å². The van der Waals surface area contributed by atoms with E-state index in [1.165, 1.54) is 6.07 Å². The van der Waals surface area contributed by atoms with Crippen LogP contribution < -0.4 is 19.9 Å². The van der Waals surface area contributed by atoms with Crippen molar-refractivity contribution >= 4 is 45.6 Å². The second-order valence-electron chi connectivity index (χ2n) is 17.9. The summed E-state index contributed by atoms with van der Waals surface area (Å²) in [6.07, 6.45) is 9.09. The molecule has 1 aromatic carbocycles. The molecule has 0 radical (unpaired) electrons. The lowest BCUT2D eigenvalue weighted by Gasteiger charge is -2.34. The van der Waals surface area contributed by atoms with Crippen molar-refractivity contribution in [2.45, 2.75) is 96.1 Å². The molecule has 13 nitrogen and oxygen atoms in total. The Labute approximate surface area is 337 Å². The molecule has 3 aromatic heterocycles. The first-order chi connectivity index (χ1) is 27.4. The smallest absolute Gasteiger partial charge is 0.425 e. The molecular formula is C44H49FN8O5. The van der Waals surface area contributed by atoms with Gasteiger partial charge in [0.15, 0.2) is 5.82 Å². The molecular weight excluding hydrogens is 740 g/mol. The van der Waals surface area contributed by atoms with Gasteiger partial charge in [0, 0.05) is 61.0 Å². The molecule has 14 heteroatoms. The van der Waals surface area contributed by atoms with Crippen LogP contribution in [0.5, 0.6) is 6.01 Å². The number of amides is 2. The summed E-state index contributed by atoms with van der Waals surface area (Å²) >= 11 is 0. The summed E-state index contributed by atoms with van der Waals surface area (Å²) in [7, 11) is 0. The minimum absolute atomic E-state index is 0.00209. The van der Waals surface area contributed by atoms with Gasteiger partial charge in [0.25, 0.3) is 0 Å². The summed E-state index contributed by atoms with van der Waals surface area (Å²) in [4.78, 5) is 51.8. The largest absolute Gasteiger partial charge is 0.461 e. The summed E-state index contributed by atoms with van der Waals surface area (Å²) in [5, 5.41) is 4.46. The second kappa shape index (κ2) is 14.3. The van der Waals surface area contributed by atoms with Gasteiger partial charge < -0.3 is 24.4 Å². The third-order valence-corrected chi connectivity index (χ3v) is 10.9. The lowest BCUT2D eigenvalue weighted by atomic mass is 9.92. The molecule has 2 unspecified atom stereocenters. The molecule has 2 amide bonds. The number of piperazine rings is 1. The van der Waals surface area contributed by atoms with E-state index < -0.39 is 29.2 Å². The Morgan fingerprint density at radius 2 is 1.64 bits per heavy atom. The number of imide groups is 1. The molecule has 0 aliphatic carbocycles. The number of benzene rings is 1. The van der Waals surface area contributed by atoms with Gasteiger partial charge in [0.05, 0.1) is 16.4 Å². The number of terminal acetylenes is 1. The van der Waals surface area contributed by atoms with Gasteiger partial charge in [-0.3, -0.25) is 9.88 Å². The highest BCUT2D eigenvalue weighted by atomic mass is 19.1. The number of rotatable bonds is 6. The molecule has 4 saturated heterocycles. The molecule has 4 aliphatic heterocycles. The van der Waals surface area contributed by atoms with Crippen molar-refractivity contribution in [2.75, 3.05) is 42.6 Å². The van der Waals surface area contributed by atoms with Crippen LogP contribution in [-0.2, 0) is 9.47 Å². The zero-order valence-electron chi connectivity index (χ0n) is 33.9. The summed E-state index contributed by atoms with van der Waals surface area (Å²) in [5.41, 5.74) is 0.707. The van der Waals surface area contributed by atoms with Crippen molar-refractivity contribution in [3.05, 3.63) is 66.1 Å². The van der Waals surface area contributed by atoms with Crippen LogP contribution in [0.3, 0.4) is 0 Å². The topological polar surface area (TPSA) is 135 Å². The zero-order valence-corrected chi connectivity index (χ0v) is 33.9. The van der Waals surface area contributed by atoms with Crippen LogP contribution in [0.1, 0.15) is 72.8 Å². The maximum Gasteiger partial charge on any atom is 0.425 e. The van der Waals surface area contributed by atoms with Crippen LogP contribution in [0.4, 0.5) is 25.6 Å². The molecule has 0 saturated carbocycles. The first-order valence-electron chi connectivity index (χ1n) is 19.7. The van der Waals surface area contributed by atoms with Crippen LogP contribution in [0.15, 0.2) is 54.8 Å². The van der Waals surface area contributed by atoms with Crippen LogP contribution in [0.2, 0.25) is 0 Å². The maximum absolute atomic E-state index is 17.6. The number of halogens is 1. The standard InChI is InChI=1S/C44H49FN8O5/c1-10-27-12-11-13-32-34(27)30(16-33(48-32)53(40(54)57-42(4,5)6)41(55)58-43(7,8)9)36-35(45)37-31(19-46-36)38(51-22-28-14-15-29(23-51)47-28)50-39(49-37)56-24-44-17-25(2)20-52(44)21-26(3)18-44/h1,11-13,16,19,28-29,47H,2-3,14-15,17-18,20-24H2,4-9H3. The highest BCUT2D eigenvalue weighted by Gasteiger charge is 2.48. The quantitative estimate of drug-likeness (QED) is 0.155. The summed E-state index contributed by atoms with van der Waals surface area (Å²) < 4.78 is 35.4. The number of hydrogen-bond acceptors (Lipinski definition) is 12. The summed E-state index contributed by atoms with van der Waals surface area (Å²) in [6, 6.07) is 7.04. The maximum atomic E-state index is 17.6. The van der Waals surface area contributed by atoms with E-state index in [4.69, 9.17) is 35.6 Å². The number of carbonyl (C=O) groups is 2. The average Bonchev–Trinajstić information content (AvgIpc) is 3.74. The van der Waals surface area contributed by atoms with Crippen LogP contribution in [0.25, 0.3) is 33.1 Å². The fourth-order valence-electron chi connectivity index (χ4n) is 8.71. The van der Waals surface area contributed by atoms with Gasteiger partial charge >= 0.3 is 18.2 Å².